The van der Waals surface area contributed by atoms with Crippen molar-refractivity contribution in [2.75, 3.05) is 0 Å². The van der Waals surface area contributed by atoms with E-state index in [0.717, 1.165) is 0 Å². The number of nitrogens with one attached hydrogen (secondary N) is 2. The highest BCUT2D eigenvalue weighted by Crippen LogP contribution is 2.03. The van der Waals surface area contributed by atoms with Crippen LogP contribution in [0.5, 0.6) is 0 Å². The molecule has 0 bridgehead atoms. The molecule has 0 saturated heterocycles. The molecule has 0 aromatic carbocycles. The van der Waals surface area contributed by atoms with Gasteiger partial charge in [0.25, 0.3) is 11.5 Å². The van der Waals surface area contributed by atoms with Crippen LogP contribution in [-0.4, -0.2) is 10.9 Å². The number of aryl methyl sites for hydroxylation is 1. The fourth-order valence-electron chi connectivity index (χ4n) is 1.06. The van der Waals surface area contributed by atoms with Crippen molar-refractivity contribution in [2.45, 2.75) is 6.92 Å². The molecule has 72 valence electrons. The number of aromatic amines is 1. The summed E-state index contributed by atoms with van der Waals surface area (Å²) in [5, 5.41) is 8.64. The zero-order valence-corrected chi connectivity index (χ0v) is 7.42. The van der Waals surface area contributed by atoms with Gasteiger partial charge in [-0.25, -0.2) is 5.84 Å². The van der Waals surface area contributed by atoms with E-state index in [1.807, 2.05) is 5.43 Å². The van der Waals surface area contributed by atoms with Crippen LogP contribution in [0.25, 0.3) is 0 Å². The number of nitrogens with two attached hydrogens (primary N) is 1. The zero-order valence-electron chi connectivity index (χ0n) is 7.42. The minimum atomic E-state index is -0.657. The van der Waals surface area contributed by atoms with E-state index in [1.54, 1.807) is 13.0 Å². The Hall–Kier alpha value is -2.13. The number of nitrogen functional groups attached to an aromatic ring is 1. The first kappa shape index (κ1) is 9.95. The normalized spacial score (nSPS) is 9.21. The van der Waals surface area contributed by atoms with Crippen molar-refractivity contribution in [3.8, 4) is 6.07 Å². The average molecular weight is 192 g/mol. The minimum Gasteiger partial charge on any atom is -0.325 e. The summed E-state index contributed by atoms with van der Waals surface area (Å²) >= 11 is 0. The van der Waals surface area contributed by atoms with Crippen LogP contribution in [-0.2, 0) is 0 Å². The van der Waals surface area contributed by atoms with Gasteiger partial charge >= 0.3 is 0 Å². The number of pyridine rings is 1. The maximum atomic E-state index is 11.2. The van der Waals surface area contributed by atoms with Crippen LogP contribution in [0.1, 0.15) is 21.6 Å². The molecule has 1 aromatic rings. The van der Waals surface area contributed by atoms with Crippen LogP contribution in [0.15, 0.2) is 10.9 Å². The molecule has 0 spiro atoms. The average Bonchev–Trinajstić information content (AvgIpc) is 2.15. The summed E-state index contributed by atoms with van der Waals surface area (Å²) < 4.78 is 0. The van der Waals surface area contributed by atoms with Gasteiger partial charge in [0.05, 0.1) is 5.56 Å². The standard InChI is InChI=1S/C8H8N4O2/c1-4-2-5(8(14)12-10)6(3-9)7(13)11-4/h2H,10H2,1H3,(H,11,13)(H,12,14). The van der Waals surface area contributed by atoms with Crippen molar-refractivity contribution < 1.29 is 4.79 Å². The summed E-state index contributed by atoms with van der Waals surface area (Å²) in [5.74, 6) is 4.25. The Bertz CT molecular complexity index is 469. The summed E-state index contributed by atoms with van der Waals surface area (Å²) in [5.41, 5.74) is 1.51. The number of hydrogen-bond acceptors (Lipinski definition) is 4. The highest BCUT2D eigenvalue weighted by molar-refractivity contribution is 5.96. The van der Waals surface area contributed by atoms with Crippen LogP contribution in [0, 0.1) is 18.3 Å². The van der Waals surface area contributed by atoms with E-state index in [2.05, 4.69) is 4.98 Å². The number of nitriles is 1. The number of carbonyl (C=O) groups excluding carboxylic acids is 1. The second-order valence-electron chi connectivity index (χ2n) is 2.66. The fraction of sp³-hybridized carbons (Fsp3) is 0.125. The zero-order chi connectivity index (χ0) is 10.7. The van der Waals surface area contributed by atoms with Crippen molar-refractivity contribution in [2.24, 2.45) is 5.84 Å². The van der Waals surface area contributed by atoms with Gasteiger partial charge < -0.3 is 4.98 Å². The molecule has 0 aliphatic heterocycles. The summed E-state index contributed by atoms with van der Waals surface area (Å²) in [6.45, 7) is 1.61. The van der Waals surface area contributed by atoms with Gasteiger partial charge in [0.1, 0.15) is 11.6 Å². The molecular weight excluding hydrogens is 184 g/mol. The molecule has 1 rings (SSSR count). The fourth-order valence-corrected chi connectivity index (χ4v) is 1.06. The molecule has 0 fully saturated rings. The van der Waals surface area contributed by atoms with Crippen molar-refractivity contribution in [1.82, 2.24) is 10.4 Å². The third kappa shape index (κ3) is 1.62. The Morgan fingerprint density at radius 1 is 1.71 bits per heavy atom. The lowest BCUT2D eigenvalue weighted by molar-refractivity contribution is 0.0953. The molecular formula is C8H8N4O2. The second-order valence-corrected chi connectivity index (χ2v) is 2.66. The van der Waals surface area contributed by atoms with Crippen LogP contribution in [0.2, 0.25) is 0 Å². The molecule has 0 atom stereocenters. The van der Waals surface area contributed by atoms with Crippen LogP contribution < -0.4 is 16.8 Å². The van der Waals surface area contributed by atoms with Crippen LogP contribution in [0.4, 0.5) is 0 Å². The topological polar surface area (TPSA) is 112 Å². The predicted octanol–water partition coefficient (Wildman–Crippen LogP) is -0.841. The predicted molar refractivity (Wildman–Crippen MR) is 48.2 cm³/mol. The lowest BCUT2D eigenvalue weighted by atomic mass is 10.1. The quantitative estimate of drug-likeness (QED) is 0.306. The number of H-pyrrole nitrogens is 1. The number of rotatable bonds is 1. The van der Waals surface area contributed by atoms with E-state index in [9.17, 15) is 9.59 Å². The number of aromatic nitrogens is 1. The Morgan fingerprint density at radius 2 is 2.36 bits per heavy atom. The van der Waals surface area contributed by atoms with Gasteiger partial charge in [-0.3, -0.25) is 15.0 Å². The highest BCUT2D eigenvalue weighted by Gasteiger charge is 2.13. The first-order chi connectivity index (χ1) is 6.60. The first-order valence-electron chi connectivity index (χ1n) is 3.75. The Balaban J connectivity index is 3.50. The SMILES string of the molecule is Cc1cc(C(=O)NN)c(C#N)c(=O)[nH]1. The summed E-state index contributed by atoms with van der Waals surface area (Å²) in [4.78, 5) is 24.8. The summed E-state index contributed by atoms with van der Waals surface area (Å²) in [6, 6.07) is 3.04. The third-order valence-electron chi connectivity index (χ3n) is 1.66. The van der Waals surface area contributed by atoms with Crippen LogP contribution in [0.3, 0.4) is 0 Å². The number of amides is 1. The molecule has 0 aliphatic rings. The monoisotopic (exact) mass is 192 g/mol. The van der Waals surface area contributed by atoms with E-state index in [1.165, 1.54) is 6.07 Å². The lowest BCUT2D eigenvalue weighted by Crippen LogP contribution is -2.32. The second kappa shape index (κ2) is 3.72. The molecule has 6 heteroatoms. The molecule has 1 aromatic heterocycles. The molecule has 0 radical (unpaired) electrons. The highest BCUT2D eigenvalue weighted by atomic mass is 16.2. The molecule has 1 heterocycles. The van der Waals surface area contributed by atoms with E-state index in [0.29, 0.717) is 5.69 Å². The molecule has 0 unspecified atom stereocenters. The van der Waals surface area contributed by atoms with Crippen molar-refractivity contribution >= 4 is 5.91 Å². The van der Waals surface area contributed by atoms with Gasteiger partial charge in [0.15, 0.2) is 0 Å². The number of carbonyl (C=O) groups is 1. The Kier molecular flexibility index (Phi) is 2.65. The Labute approximate surface area is 79.3 Å². The maximum Gasteiger partial charge on any atom is 0.266 e. The first-order valence-corrected chi connectivity index (χ1v) is 3.75. The van der Waals surface area contributed by atoms with Crippen molar-refractivity contribution in [3.05, 3.63) is 33.2 Å². The van der Waals surface area contributed by atoms with E-state index in [-0.39, 0.29) is 11.1 Å². The van der Waals surface area contributed by atoms with Gasteiger partial charge in [-0.2, -0.15) is 5.26 Å². The van der Waals surface area contributed by atoms with Gasteiger partial charge in [-0.05, 0) is 13.0 Å². The summed E-state index contributed by atoms with van der Waals surface area (Å²) in [7, 11) is 0. The largest absolute Gasteiger partial charge is 0.325 e. The minimum absolute atomic E-state index is 0.0174. The third-order valence-corrected chi connectivity index (χ3v) is 1.66. The molecule has 4 N–H and O–H groups in total. The number of hydrogen-bond donors (Lipinski definition) is 3. The van der Waals surface area contributed by atoms with Crippen LogP contribution >= 0.6 is 0 Å². The maximum absolute atomic E-state index is 11.2. The summed E-state index contributed by atoms with van der Waals surface area (Å²) in [6.07, 6.45) is 0. The van der Waals surface area contributed by atoms with E-state index >= 15 is 0 Å². The van der Waals surface area contributed by atoms with E-state index < -0.39 is 11.5 Å². The number of nitrogens with zero attached hydrogens (tertiary/aromatic N) is 1. The van der Waals surface area contributed by atoms with Crippen molar-refractivity contribution in [1.29, 1.82) is 5.26 Å². The van der Waals surface area contributed by atoms with E-state index in [4.69, 9.17) is 11.1 Å². The lowest BCUT2D eigenvalue weighted by Gasteiger charge is -2.02. The smallest absolute Gasteiger partial charge is 0.266 e. The van der Waals surface area contributed by atoms with Gasteiger partial charge in [-0.15, -0.1) is 0 Å². The van der Waals surface area contributed by atoms with Crippen molar-refractivity contribution in [3.63, 3.8) is 0 Å². The molecule has 6 nitrogen and oxygen atoms in total. The van der Waals surface area contributed by atoms with Gasteiger partial charge in [0.2, 0.25) is 0 Å². The molecule has 0 aliphatic carbocycles. The molecule has 0 saturated carbocycles. The number of hydrazine groups is 1. The molecule has 14 heavy (non-hydrogen) atoms. The Morgan fingerprint density at radius 3 is 2.86 bits per heavy atom. The molecule has 1 amide bonds. The van der Waals surface area contributed by atoms with Gasteiger partial charge in [-0.1, -0.05) is 0 Å². The van der Waals surface area contributed by atoms with Gasteiger partial charge in [0, 0.05) is 5.69 Å².